The van der Waals surface area contributed by atoms with Gasteiger partial charge in [0.15, 0.2) is 0 Å². The molecule has 7 heteroatoms. The lowest BCUT2D eigenvalue weighted by Crippen LogP contribution is -2.56. The summed E-state index contributed by atoms with van der Waals surface area (Å²) in [6, 6.07) is 0. The highest BCUT2D eigenvalue weighted by Crippen LogP contribution is 2.22. The number of hydrogen-bond acceptors (Lipinski definition) is 5. The Morgan fingerprint density at radius 3 is 2.29 bits per heavy atom. The first kappa shape index (κ1) is 16.3. The van der Waals surface area contributed by atoms with E-state index in [2.05, 4.69) is 0 Å². The summed E-state index contributed by atoms with van der Waals surface area (Å²) in [6.45, 7) is 5.19. The van der Waals surface area contributed by atoms with E-state index in [0.29, 0.717) is 13.0 Å². The number of ether oxygens (including phenoxy) is 1. The van der Waals surface area contributed by atoms with Crippen molar-refractivity contribution in [3.63, 3.8) is 0 Å². The Morgan fingerprint density at radius 2 is 1.94 bits per heavy atom. The van der Waals surface area contributed by atoms with Crippen LogP contribution in [0, 0.1) is 0 Å². The fourth-order valence-corrected chi connectivity index (χ4v) is 2.00. The van der Waals surface area contributed by atoms with Gasteiger partial charge in [-0.3, -0.25) is 9.45 Å². The second-order valence-electron chi connectivity index (χ2n) is 3.96. The van der Waals surface area contributed by atoms with Gasteiger partial charge in [0.1, 0.15) is 0 Å². The van der Waals surface area contributed by atoms with Crippen molar-refractivity contribution in [1.82, 2.24) is 4.90 Å². The molecule has 0 amide bonds. The van der Waals surface area contributed by atoms with E-state index in [9.17, 15) is 17.8 Å². The van der Waals surface area contributed by atoms with Crippen LogP contribution in [0.15, 0.2) is 0 Å². The number of esters is 1. The summed E-state index contributed by atoms with van der Waals surface area (Å²) in [5.41, 5.74) is 0. The molecule has 1 atom stereocenters. The second kappa shape index (κ2) is 6.32. The Balaban J connectivity index is 5.01. The Morgan fingerprint density at radius 1 is 1.41 bits per heavy atom. The van der Waals surface area contributed by atoms with Gasteiger partial charge in [0, 0.05) is 0 Å². The monoisotopic (exact) mass is 267 g/mol. The molecule has 0 spiro atoms. The van der Waals surface area contributed by atoms with Crippen molar-refractivity contribution in [3.8, 4) is 0 Å². The van der Waals surface area contributed by atoms with Crippen molar-refractivity contribution < 1.29 is 22.5 Å². The fraction of sp³-hybridized carbons (Fsp3) is 0.900. The third kappa shape index (κ3) is 3.65. The van der Waals surface area contributed by atoms with Gasteiger partial charge in [-0.15, -0.1) is 0 Å². The van der Waals surface area contributed by atoms with Gasteiger partial charge in [0.05, 0.1) is 6.61 Å². The first-order chi connectivity index (χ1) is 7.71. The molecule has 6 nitrogen and oxygen atoms in total. The summed E-state index contributed by atoms with van der Waals surface area (Å²) < 4.78 is 36.8. The van der Waals surface area contributed by atoms with Crippen molar-refractivity contribution >= 4 is 16.1 Å². The van der Waals surface area contributed by atoms with Gasteiger partial charge >= 0.3 is 5.97 Å². The molecule has 0 aromatic carbocycles. The minimum atomic E-state index is -4.56. The van der Waals surface area contributed by atoms with Gasteiger partial charge in [0.2, 0.25) is 4.87 Å². The third-order valence-corrected chi connectivity index (χ3v) is 4.30. The maximum atomic E-state index is 11.8. The average molecular weight is 267 g/mol. The van der Waals surface area contributed by atoms with Crippen LogP contribution in [0.5, 0.6) is 0 Å². The van der Waals surface area contributed by atoms with Crippen LogP contribution >= 0.6 is 0 Å². The molecular weight excluding hydrogens is 246 g/mol. The molecule has 1 N–H and O–H groups in total. The summed E-state index contributed by atoms with van der Waals surface area (Å²) in [5.74, 6) is -0.946. The molecule has 0 aliphatic carbocycles. The number of unbranched alkanes of at least 4 members (excludes halogenated alkanes) is 1. The molecule has 1 unspecified atom stereocenters. The number of hydrogen-bond donors (Lipinski definition) is 1. The van der Waals surface area contributed by atoms with E-state index in [-0.39, 0.29) is 6.61 Å². The lowest BCUT2D eigenvalue weighted by atomic mass is 10.3. The number of likely N-dealkylation sites (N-methyl/N-ethyl adjacent to an activating group) is 1. The molecule has 0 aromatic rings. The molecule has 0 heterocycles. The van der Waals surface area contributed by atoms with Crippen LogP contribution < -0.4 is 0 Å². The maximum absolute atomic E-state index is 11.8. The van der Waals surface area contributed by atoms with Crippen molar-refractivity contribution in [2.75, 3.05) is 20.2 Å². The molecule has 0 rings (SSSR count). The van der Waals surface area contributed by atoms with Crippen LogP contribution in [0.3, 0.4) is 0 Å². The summed E-state index contributed by atoms with van der Waals surface area (Å²) >= 11 is 0. The van der Waals surface area contributed by atoms with Crippen LogP contribution in [-0.4, -0.2) is 48.9 Å². The zero-order valence-corrected chi connectivity index (χ0v) is 11.6. The number of carbonyl (C=O) groups excluding carboxylic acids is 1. The molecule has 0 radical (unpaired) electrons. The highest BCUT2D eigenvalue weighted by atomic mass is 32.2. The Labute approximate surface area is 103 Å². The van der Waals surface area contributed by atoms with E-state index >= 15 is 0 Å². The zero-order valence-electron chi connectivity index (χ0n) is 10.8. The Hall–Kier alpha value is -0.660. The standard InChI is InChI=1S/C10H21NO5S/c1-5-7-8-16-9(12)10(3,11(4)6-2)17(13,14)15/h5-8H2,1-4H3,(H,13,14,15). The third-order valence-electron chi connectivity index (χ3n) is 2.81. The van der Waals surface area contributed by atoms with Crippen LogP contribution in [0.25, 0.3) is 0 Å². The summed E-state index contributed by atoms with van der Waals surface area (Å²) in [6.07, 6.45) is 1.49. The molecule has 0 fully saturated rings. The highest BCUT2D eigenvalue weighted by molar-refractivity contribution is 7.88. The summed E-state index contributed by atoms with van der Waals surface area (Å²) in [5, 5.41) is 0. The topological polar surface area (TPSA) is 83.9 Å². The SMILES string of the molecule is CCCCOC(=O)C(C)(N(C)CC)S(=O)(=O)O. The Bertz CT molecular complexity index is 354. The molecule has 17 heavy (non-hydrogen) atoms. The molecule has 0 saturated carbocycles. The number of nitrogens with zero attached hydrogens (tertiary/aromatic N) is 1. The van der Waals surface area contributed by atoms with Gasteiger partial charge in [-0.2, -0.15) is 8.42 Å². The Kier molecular flexibility index (Phi) is 6.08. The molecular formula is C10H21NO5S. The predicted octanol–water partition coefficient (Wildman–Crippen LogP) is 0.885. The molecule has 0 bridgehead atoms. The summed E-state index contributed by atoms with van der Waals surface area (Å²) in [4.78, 5) is 11.0. The van der Waals surface area contributed by atoms with Crippen molar-refractivity contribution in [1.29, 1.82) is 0 Å². The largest absolute Gasteiger partial charge is 0.463 e. The minimum absolute atomic E-state index is 0.151. The quantitative estimate of drug-likeness (QED) is 0.419. The van der Waals surface area contributed by atoms with E-state index in [1.807, 2.05) is 6.92 Å². The molecule has 0 aliphatic heterocycles. The first-order valence-electron chi connectivity index (χ1n) is 5.57. The van der Waals surface area contributed by atoms with Gasteiger partial charge in [-0.25, -0.2) is 4.79 Å². The van der Waals surface area contributed by atoms with Gasteiger partial charge in [-0.1, -0.05) is 20.3 Å². The lowest BCUT2D eigenvalue weighted by molar-refractivity contribution is -0.151. The molecule has 0 aromatic heterocycles. The van der Waals surface area contributed by atoms with Crippen molar-refractivity contribution in [3.05, 3.63) is 0 Å². The van der Waals surface area contributed by atoms with Gasteiger partial charge < -0.3 is 4.74 Å². The molecule has 0 aliphatic rings. The molecule has 102 valence electrons. The van der Waals surface area contributed by atoms with Crippen molar-refractivity contribution in [2.45, 2.75) is 38.5 Å². The van der Waals surface area contributed by atoms with Crippen molar-refractivity contribution in [2.24, 2.45) is 0 Å². The van der Waals surface area contributed by atoms with Gasteiger partial charge in [-0.05, 0) is 26.9 Å². The normalized spacial score (nSPS) is 15.6. The predicted molar refractivity (Wildman–Crippen MR) is 64.1 cm³/mol. The maximum Gasteiger partial charge on any atom is 0.344 e. The first-order valence-corrected chi connectivity index (χ1v) is 7.01. The van der Waals surface area contributed by atoms with E-state index in [1.54, 1.807) is 6.92 Å². The zero-order chi connectivity index (χ0) is 13.7. The van der Waals surface area contributed by atoms with Gasteiger partial charge in [0.25, 0.3) is 10.1 Å². The second-order valence-corrected chi connectivity index (χ2v) is 5.71. The lowest BCUT2D eigenvalue weighted by Gasteiger charge is -2.32. The van der Waals surface area contributed by atoms with Crippen LogP contribution in [0.2, 0.25) is 0 Å². The van der Waals surface area contributed by atoms with Crippen LogP contribution in [-0.2, 0) is 19.6 Å². The summed E-state index contributed by atoms with van der Waals surface area (Å²) in [7, 11) is -3.12. The highest BCUT2D eigenvalue weighted by Gasteiger charge is 2.50. The minimum Gasteiger partial charge on any atom is -0.463 e. The molecule has 0 saturated heterocycles. The average Bonchev–Trinajstić information content (AvgIpc) is 2.25. The van der Waals surface area contributed by atoms with E-state index in [1.165, 1.54) is 11.9 Å². The number of carbonyl (C=O) groups is 1. The van der Waals surface area contributed by atoms with Crippen LogP contribution in [0.1, 0.15) is 33.6 Å². The van der Waals surface area contributed by atoms with E-state index in [0.717, 1.165) is 13.3 Å². The number of rotatable bonds is 7. The fourth-order valence-electron chi connectivity index (χ4n) is 1.20. The van der Waals surface area contributed by atoms with E-state index in [4.69, 9.17) is 4.74 Å². The van der Waals surface area contributed by atoms with Crippen LogP contribution in [0.4, 0.5) is 0 Å². The smallest absolute Gasteiger partial charge is 0.344 e. The van der Waals surface area contributed by atoms with E-state index < -0.39 is 21.0 Å².